The average molecular weight is 319 g/mol. The number of rotatable bonds is 2. The van der Waals surface area contributed by atoms with Gasteiger partial charge in [-0.15, -0.1) is 0 Å². The summed E-state index contributed by atoms with van der Waals surface area (Å²) in [6.07, 6.45) is 0.879. The van der Waals surface area contributed by atoms with Gasteiger partial charge in [0.1, 0.15) is 11.5 Å². The van der Waals surface area contributed by atoms with Gasteiger partial charge in [0.2, 0.25) is 0 Å². The zero-order valence-corrected chi connectivity index (χ0v) is 12.3. The minimum Gasteiger partial charge on any atom is -0.457 e. The molecule has 19 heavy (non-hydrogen) atoms. The lowest BCUT2D eigenvalue weighted by Gasteiger charge is -2.22. The average Bonchev–Trinajstić information content (AvgIpc) is 2.43. The Hall–Kier alpha value is -1.32. The van der Waals surface area contributed by atoms with Crippen LogP contribution in [0.2, 0.25) is 0 Å². The topological polar surface area (TPSA) is 29.5 Å². The van der Waals surface area contributed by atoms with Crippen LogP contribution in [0.5, 0.6) is 11.5 Å². The monoisotopic (exact) mass is 318 g/mol. The van der Waals surface area contributed by atoms with Gasteiger partial charge < -0.3 is 9.84 Å². The number of aliphatic hydroxyl groups excluding tert-OH is 1. The highest BCUT2D eigenvalue weighted by molar-refractivity contribution is 9.10. The number of hydrogen-bond acceptors (Lipinski definition) is 2. The van der Waals surface area contributed by atoms with Gasteiger partial charge >= 0.3 is 0 Å². The van der Waals surface area contributed by atoms with Crippen molar-refractivity contribution >= 4 is 15.9 Å². The number of aliphatic hydroxyl groups is 1. The van der Waals surface area contributed by atoms with Gasteiger partial charge in [-0.05, 0) is 34.9 Å². The van der Waals surface area contributed by atoms with Crippen molar-refractivity contribution < 1.29 is 9.84 Å². The summed E-state index contributed by atoms with van der Waals surface area (Å²) in [7, 11) is 0. The first kappa shape index (κ1) is 12.7. The molecule has 0 amide bonds. The van der Waals surface area contributed by atoms with Crippen molar-refractivity contribution in [1.82, 2.24) is 0 Å². The predicted molar refractivity (Wildman–Crippen MR) is 79.0 cm³/mol. The Balaban J connectivity index is 1.98. The molecule has 2 aromatic carbocycles. The van der Waals surface area contributed by atoms with Crippen molar-refractivity contribution in [2.24, 2.45) is 0 Å². The van der Waals surface area contributed by atoms with Crippen LogP contribution in [0.3, 0.4) is 0 Å². The highest BCUT2D eigenvalue weighted by atomic mass is 79.9. The Morgan fingerprint density at radius 2 is 2.00 bits per heavy atom. The Bertz CT molecular complexity index is 622. The van der Waals surface area contributed by atoms with Crippen LogP contribution >= 0.6 is 15.9 Å². The van der Waals surface area contributed by atoms with E-state index < -0.39 is 0 Å². The molecule has 1 aliphatic rings. The van der Waals surface area contributed by atoms with Gasteiger partial charge in [-0.1, -0.05) is 41.1 Å². The van der Waals surface area contributed by atoms with Crippen LogP contribution < -0.4 is 4.74 Å². The minimum atomic E-state index is 0.164. The lowest BCUT2D eigenvalue weighted by atomic mass is 9.94. The first-order chi connectivity index (χ1) is 9.17. The van der Waals surface area contributed by atoms with E-state index in [1.165, 1.54) is 11.1 Å². The van der Waals surface area contributed by atoms with Crippen molar-refractivity contribution in [2.45, 2.75) is 19.3 Å². The third-order valence-corrected chi connectivity index (χ3v) is 4.05. The molecule has 0 aromatic heterocycles. The second-order valence-electron chi connectivity index (χ2n) is 4.98. The molecule has 98 valence electrons. The fraction of sp³-hybridized carbons (Fsp3) is 0.250. The third kappa shape index (κ3) is 2.40. The fourth-order valence-corrected chi connectivity index (χ4v) is 2.68. The summed E-state index contributed by atoms with van der Waals surface area (Å²) in [5.74, 6) is 2.00. The van der Waals surface area contributed by atoms with Crippen LogP contribution in [-0.4, -0.2) is 11.7 Å². The summed E-state index contributed by atoms with van der Waals surface area (Å²) in [4.78, 5) is 0. The molecule has 0 aliphatic carbocycles. The van der Waals surface area contributed by atoms with Gasteiger partial charge in [0.25, 0.3) is 0 Å². The zero-order chi connectivity index (χ0) is 13.4. The summed E-state index contributed by atoms with van der Waals surface area (Å²) in [5.41, 5.74) is 3.54. The number of ether oxygens (including phenoxy) is 1. The SMILES string of the molecule is CC(CO)c1ccc2c(c1)Cc1ccc(Br)cc1O2. The van der Waals surface area contributed by atoms with E-state index in [0.717, 1.165) is 28.0 Å². The quantitative estimate of drug-likeness (QED) is 0.765. The molecule has 3 heteroatoms. The summed E-state index contributed by atoms with van der Waals surface area (Å²) >= 11 is 3.46. The number of halogens is 1. The van der Waals surface area contributed by atoms with E-state index in [9.17, 15) is 5.11 Å². The summed E-state index contributed by atoms with van der Waals surface area (Å²) in [6.45, 7) is 2.19. The molecule has 1 atom stereocenters. The molecular formula is C16H15BrO2. The summed E-state index contributed by atoms with van der Waals surface area (Å²) < 4.78 is 6.96. The van der Waals surface area contributed by atoms with E-state index in [-0.39, 0.29) is 12.5 Å². The van der Waals surface area contributed by atoms with Gasteiger partial charge in [0.05, 0.1) is 0 Å². The van der Waals surface area contributed by atoms with Crippen molar-refractivity contribution in [3.63, 3.8) is 0 Å². The molecule has 0 fully saturated rings. The minimum absolute atomic E-state index is 0.164. The van der Waals surface area contributed by atoms with E-state index >= 15 is 0 Å². The Kier molecular flexibility index (Phi) is 3.33. The van der Waals surface area contributed by atoms with E-state index in [4.69, 9.17) is 4.74 Å². The molecule has 0 saturated carbocycles. The van der Waals surface area contributed by atoms with Gasteiger partial charge in [-0.2, -0.15) is 0 Å². The second-order valence-corrected chi connectivity index (χ2v) is 5.90. The molecule has 1 N–H and O–H groups in total. The smallest absolute Gasteiger partial charge is 0.132 e. The largest absolute Gasteiger partial charge is 0.457 e. The highest BCUT2D eigenvalue weighted by Gasteiger charge is 2.18. The number of hydrogen-bond donors (Lipinski definition) is 1. The fourth-order valence-electron chi connectivity index (χ4n) is 2.34. The number of fused-ring (bicyclic) bond motifs is 2. The van der Waals surface area contributed by atoms with Gasteiger partial charge in [-0.3, -0.25) is 0 Å². The summed E-state index contributed by atoms with van der Waals surface area (Å²) in [6, 6.07) is 12.3. The molecular weight excluding hydrogens is 304 g/mol. The van der Waals surface area contributed by atoms with Crippen molar-refractivity contribution in [1.29, 1.82) is 0 Å². The molecule has 1 heterocycles. The van der Waals surface area contributed by atoms with Gasteiger partial charge in [0, 0.05) is 23.4 Å². The van der Waals surface area contributed by atoms with E-state index in [2.05, 4.69) is 28.1 Å². The van der Waals surface area contributed by atoms with E-state index in [1.807, 2.05) is 31.2 Å². The normalized spacial score (nSPS) is 14.3. The lowest BCUT2D eigenvalue weighted by molar-refractivity contribution is 0.273. The molecule has 3 rings (SSSR count). The Morgan fingerprint density at radius 1 is 1.16 bits per heavy atom. The number of benzene rings is 2. The van der Waals surface area contributed by atoms with Crippen LogP contribution in [0.25, 0.3) is 0 Å². The maximum atomic E-state index is 9.24. The Labute approximate surface area is 121 Å². The molecule has 2 aromatic rings. The molecule has 0 saturated heterocycles. The standard InChI is InChI=1S/C16H15BrO2/c1-10(9-18)11-3-5-15-13(6-11)7-12-2-4-14(17)8-16(12)19-15/h2-6,8,10,18H,7,9H2,1H3. The molecule has 2 nitrogen and oxygen atoms in total. The van der Waals surface area contributed by atoms with Crippen molar-refractivity contribution in [3.05, 3.63) is 57.6 Å². The first-order valence-electron chi connectivity index (χ1n) is 6.37. The van der Waals surface area contributed by atoms with Crippen LogP contribution in [-0.2, 0) is 6.42 Å². The van der Waals surface area contributed by atoms with Crippen molar-refractivity contribution in [3.8, 4) is 11.5 Å². The molecule has 0 radical (unpaired) electrons. The predicted octanol–water partition coefficient (Wildman–Crippen LogP) is 4.24. The molecule has 0 bridgehead atoms. The second kappa shape index (κ2) is 4.99. The first-order valence-corrected chi connectivity index (χ1v) is 7.16. The molecule has 1 unspecified atom stereocenters. The highest BCUT2D eigenvalue weighted by Crippen LogP contribution is 2.38. The van der Waals surface area contributed by atoms with Crippen LogP contribution in [0.15, 0.2) is 40.9 Å². The van der Waals surface area contributed by atoms with Crippen molar-refractivity contribution in [2.75, 3.05) is 6.61 Å². The van der Waals surface area contributed by atoms with Crippen LogP contribution in [0, 0.1) is 0 Å². The lowest BCUT2D eigenvalue weighted by Crippen LogP contribution is -2.05. The zero-order valence-electron chi connectivity index (χ0n) is 10.7. The summed E-state index contributed by atoms with van der Waals surface area (Å²) in [5, 5.41) is 9.24. The van der Waals surface area contributed by atoms with Gasteiger partial charge in [-0.25, -0.2) is 0 Å². The van der Waals surface area contributed by atoms with E-state index in [0.29, 0.717) is 0 Å². The third-order valence-electron chi connectivity index (χ3n) is 3.56. The molecule has 1 aliphatic heterocycles. The molecule has 0 spiro atoms. The van der Waals surface area contributed by atoms with Crippen LogP contribution in [0.1, 0.15) is 29.5 Å². The Morgan fingerprint density at radius 3 is 2.79 bits per heavy atom. The van der Waals surface area contributed by atoms with Crippen LogP contribution in [0.4, 0.5) is 0 Å². The maximum Gasteiger partial charge on any atom is 0.132 e. The maximum absolute atomic E-state index is 9.24. The van der Waals surface area contributed by atoms with Gasteiger partial charge in [0.15, 0.2) is 0 Å². The van der Waals surface area contributed by atoms with E-state index in [1.54, 1.807) is 0 Å².